The van der Waals surface area contributed by atoms with Gasteiger partial charge in [-0.1, -0.05) is 12.2 Å². The fourth-order valence-electron chi connectivity index (χ4n) is 3.58. The number of hydrogen-bond donors (Lipinski definition) is 0. The van der Waals surface area contributed by atoms with Crippen molar-refractivity contribution in [1.29, 1.82) is 0 Å². The zero-order valence-electron chi connectivity index (χ0n) is 14.6. The molecule has 132 valence electrons. The van der Waals surface area contributed by atoms with Crippen LogP contribution in [0, 0.1) is 23.5 Å². The minimum Gasteiger partial charge on any atom is -0.236 e. The van der Waals surface area contributed by atoms with E-state index >= 15 is 0 Å². The maximum Gasteiger partial charge on any atom is 0.159 e. The van der Waals surface area contributed by atoms with Crippen LogP contribution in [-0.2, 0) is 6.42 Å². The fourth-order valence-corrected chi connectivity index (χ4v) is 3.58. The smallest absolute Gasteiger partial charge is 0.159 e. The molecule has 3 rings (SSSR count). The van der Waals surface area contributed by atoms with E-state index in [0.717, 1.165) is 42.4 Å². The predicted molar refractivity (Wildman–Crippen MR) is 96.0 cm³/mol. The van der Waals surface area contributed by atoms with E-state index in [4.69, 9.17) is 0 Å². The molecule has 4 heteroatoms. The van der Waals surface area contributed by atoms with Crippen LogP contribution >= 0.6 is 0 Å². The zero-order valence-corrected chi connectivity index (χ0v) is 14.6. The molecular weight excluding hydrogens is 318 g/mol. The molecule has 0 spiro atoms. The summed E-state index contributed by atoms with van der Waals surface area (Å²) in [7, 11) is 0. The summed E-state index contributed by atoms with van der Waals surface area (Å²) in [6.07, 6.45) is 15.4. The highest BCUT2D eigenvalue weighted by Crippen LogP contribution is 2.32. The van der Waals surface area contributed by atoms with Crippen LogP contribution in [0.25, 0.3) is 11.4 Å². The Morgan fingerprint density at radius 3 is 2.40 bits per heavy atom. The molecule has 2 nitrogen and oxygen atoms in total. The van der Waals surface area contributed by atoms with Gasteiger partial charge in [-0.05, 0) is 81.0 Å². The van der Waals surface area contributed by atoms with Gasteiger partial charge in [0.05, 0.1) is 0 Å². The normalized spacial score (nSPS) is 20.9. The molecule has 0 N–H and O–H groups in total. The number of aryl methyl sites for hydroxylation is 1. The second kappa shape index (κ2) is 8.32. The van der Waals surface area contributed by atoms with Crippen LogP contribution in [0.4, 0.5) is 8.78 Å². The summed E-state index contributed by atoms with van der Waals surface area (Å²) in [5.41, 5.74) is 1.59. The van der Waals surface area contributed by atoms with Crippen molar-refractivity contribution in [3.8, 4) is 11.4 Å². The van der Waals surface area contributed by atoms with Crippen molar-refractivity contribution in [2.75, 3.05) is 0 Å². The van der Waals surface area contributed by atoms with Gasteiger partial charge in [0.25, 0.3) is 0 Å². The number of benzene rings is 1. The average Bonchev–Trinajstić information content (AvgIpc) is 2.64. The summed E-state index contributed by atoms with van der Waals surface area (Å²) in [6, 6.07) is 3.73. The van der Waals surface area contributed by atoms with Crippen LogP contribution in [0.1, 0.15) is 44.6 Å². The van der Waals surface area contributed by atoms with Gasteiger partial charge in [-0.15, -0.1) is 0 Å². The van der Waals surface area contributed by atoms with Gasteiger partial charge in [-0.2, -0.15) is 0 Å². The Bertz CT molecular complexity index is 717. The first-order valence-corrected chi connectivity index (χ1v) is 9.05. The van der Waals surface area contributed by atoms with Gasteiger partial charge in [-0.3, -0.25) is 0 Å². The summed E-state index contributed by atoms with van der Waals surface area (Å²) >= 11 is 0. The molecule has 0 aliphatic heterocycles. The summed E-state index contributed by atoms with van der Waals surface area (Å²) < 4.78 is 26.3. The van der Waals surface area contributed by atoms with Crippen LogP contribution in [0.2, 0.25) is 0 Å². The van der Waals surface area contributed by atoms with Crippen LogP contribution in [-0.4, -0.2) is 9.97 Å². The molecule has 0 unspecified atom stereocenters. The van der Waals surface area contributed by atoms with Gasteiger partial charge >= 0.3 is 0 Å². The molecule has 1 fully saturated rings. The SMILES string of the molecule is CC=C[C@H]1CC[C@H](CCc2cnc(-c3ccc(F)c(F)c3)nc2)CC1. The van der Waals surface area contributed by atoms with E-state index < -0.39 is 11.6 Å². The van der Waals surface area contributed by atoms with E-state index in [0.29, 0.717) is 11.4 Å². The maximum atomic E-state index is 13.3. The van der Waals surface area contributed by atoms with Crippen molar-refractivity contribution >= 4 is 0 Å². The standard InChI is InChI=1S/C21H24F2N2/c1-2-3-15-4-6-16(7-5-15)8-9-17-13-24-21(25-14-17)18-10-11-19(22)20(23)12-18/h2-3,10-16H,4-9H2,1H3/t15-,16-. The lowest BCUT2D eigenvalue weighted by atomic mass is 9.79. The summed E-state index contributed by atoms with van der Waals surface area (Å²) in [5, 5.41) is 0. The molecule has 1 aliphatic rings. The number of aromatic nitrogens is 2. The molecule has 1 aromatic carbocycles. The zero-order chi connectivity index (χ0) is 17.6. The van der Waals surface area contributed by atoms with Crippen molar-refractivity contribution < 1.29 is 8.78 Å². The Hall–Kier alpha value is -2.10. The highest BCUT2D eigenvalue weighted by molar-refractivity contribution is 5.54. The van der Waals surface area contributed by atoms with Crippen molar-refractivity contribution in [3.63, 3.8) is 0 Å². The molecule has 1 heterocycles. The molecule has 0 bridgehead atoms. The largest absolute Gasteiger partial charge is 0.236 e. The van der Waals surface area contributed by atoms with Crippen LogP contribution in [0.5, 0.6) is 0 Å². The lowest BCUT2D eigenvalue weighted by Gasteiger charge is -2.26. The van der Waals surface area contributed by atoms with E-state index in [2.05, 4.69) is 29.0 Å². The third-order valence-electron chi connectivity index (χ3n) is 5.08. The molecule has 2 aromatic rings. The molecular formula is C21H24F2N2. The quantitative estimate of drug-likeness (QED) is 0.648. The van der Waals surface area contributed by atoms with Crippen LogP contribution < -0.4 is 0 Å². The van der Waals surface area contributed by atoms with Crippen molar-refractivity contribution in [1.82, 2.24) is 9.97 Å². The average molecular weight is 342 g/mol. The molecule has 25 heavy (non-hydrogen) atoms. The Balaban J connectivity index is 1.54. The van der Waals surface area contributed by atoms with Gasteiger partial charge in [0.15, 0.2) is 17.5 Å². The first-order valence-electron chi connectivity index (χ1n) is 9.05. The van der Waals surface area contributed by atoms with E-state index in [-0.39, 0.29) is 0 Å². The van der Waals surface area contributed by atoms with Crippen LogP contribution in [0.3, 0.4) is 0 Å². The fraction of sp³-hybridized carbons (Fsp3) is 0.429. The number of halogens is 2. The Morgan fingerprint density at radius 2 is 1.76 bits per heavy atom. The second-order valence-electron chi connectivity index (χ2n) is 6.89. The van der Waals surface area contributed by atoms with E-state index in [1.165, 1.54) is 31.7 Å². The van der Waals surface area contributed by atoms with Crippen molar-refractivity contribution in [3.05, 3.63) is 59.9 Å². The molecule has 0 saturated heterocycles. The van der Waals surface area contributed by atoms with E-state index in [1.54, 1.807) is 12.4 Å². The number of nitrogens with zero attached hydrogens (tertiary/aromatic N) is 2. The Morgan fingerprint density at radius 1 is 1.04 bits per heavy atom. The van der Waals surface area contributed by atoms with Gasteiger partial charge in [-0.25, -0.2) is 18.7 Å². The molecule has 0 radical (unpaired) electrons. The van der Waals surface area contributed by atoms with E-state index in [9.17, 15) is 8.78 Å². The Labute approximate surface area is 148 Å². The maximum absolute atomic E-state index is 13.3. The lowest BCUT2D eigenvalue weighted by Crippen LogP contribution is -2.13. The third kappa shape index (κ3) is 4.71. The second-order valence-corrected chi connectivity index (χ2v) is 6.89. The van der Waals surface area contributed by atoms with Gasteiger partial charge < -0.3 is 0 Å². The number of hydrogen-bond acceptors (Lipinski definition) is 2. The lowest BCUT2D eigenvalue weighted by molar-refractivity contribution is 0.296. The molecule has 0 atom stereocenters. The highest BCUT2D eigenvalue weighted by atomic mass is 19.2. The van der Waals surface area contributed by atoms with Gasteiger partial charge in [0, 0.05) is 18.0 Å². The monoisotopic (exact) mass is 342 g/mol. The van der Waals surface area contributed by atoms with Gasteiger partial charge in [0.2, 0.25) is 0 Å². The Kier molecular flexibility index (Phi) is 5.90. The highest BCUT2D eigenvalue weighted by Gasteiger charge is 2.19. The van der Waals surface area contributed by atoms with Gasteiger partial charge in [0.1, 0.15) is 0 Å². The molecule has 0 amide bonds. The van der Waals surface area contributed by atoms with Crippen molar-refractivity contribution in [2.24, 2.45) is 11.8 Å². The summed E-state index contributed by atoms with van der Waals surface area (Å²) in [5.74, 6) is 0.241. The van der Waals surface area contributed by atoms with Crippen LogP contribution in [0.15, 0.2) is 42.7 Å². The molecule has 1 saturated carbocycles. The third-order valence-corrected chi connectivity index (χ3v) is 5.08. The summed E-state index contributed by atoms with van der Waals surface area (Å²) in [4.78, 5) is 8.62. The summed E-state index contributed by atoms with van der Waals surface area (Å²) in [6.45, 7) is 2.09. The minimum atomic E-state index is -0.876. The minimum absolute atomic E-state index is 0.425. The molecule has 1 aliphatic carbocycles. The predicted octanol–water partition coefficient (Wildman–Crippen LogP) is 5.74. The van der Waals surface area contributed by atoms with E-state index in [1.807, 2.05) is 0 Å². The first kappa shape index (κ1) is 17.7. The molecule has 1 aromatic heterocycles. The number of rotatable bonds is 5. The topological polar surface area (TPSA) is 25.8 Å². The first-order chi connectivity index (χ1) is 12.2. The number of allylic oxidation sites excluding steroid dienone is 2. The van der Waals surface area contributed by atoms with Crippen molar-refractivity contribution in [2.45, 2.75) is 45.4 Å².